The highest BCUT2D eigenvalue weighted by molar-refractivity contribution is 5.78. The van der Waals surface area contributed by atoms with Crippen LogP contribution in [0.5, 0.6) is 0 Å². The van der Waals surface area contributed by atoms with E-state index in [0.717, 1.165) is 24.7 Å². The molecule has 0 radical (unpaired) electrons. The van der Waals surface area contributed by atoms with Crippen molar-refractivity contribution in [2.45, 2.75) is 46.0 Å². The summed E-state index contributed by atoms with van der Waals surface area (Å²) in [6, 6.07) is 6.02. The Bertz CT molecular complexity index is 345. The maximum Gasteiger partial charge on any atom is 0.150 e. The van der Waals surface area contributed by atoms with E-state index in [-0.39, 0.29) is 5.41 Å². The smallest absolute Gasteiger partial charge is 0.150 e. The average Bonchev–Trinajstić information content (AvgIpc) is 2.17. The summed E-state index contributed by atoms with van der Waals surface area (Å²) in [5, 5.41) is 0. The van der Waals surface area contributed by atoms with Gasteiger partial charge in [-0.25, -0.2) is 0 Å². The summed E-state index contributed by atoms with van der Waals surface area (Å²) < 4.78 is 0. The third-order valence-electron chi connectivity index (χ3n) is 2.65. The minimum Gasteiger partial charge on any atom is -0.298 e. The Morgan fingerprint density at radius 3 is 2.40 bits per heavy atom. The van der Waals surface area contributed by atoms with Crippen molar-refractivity contribution in [2.24, 2.45) is 0 Å². The van der Waals surface area contributed by atoms with Crippen molar-refractivity contribution in [3.63, 3.8) is 0 Å². The van der Waals surface area contributed by atoms with Gasteiger partial charge in [-0.1, -0.05) is 52.3 Å². The lowest BCUT2D eigenvalue weighted by atomic mass is 9.81. The van der Waals surface area contributed by atoms with E-state index in [0.29, 0.717) is 0 Å². The number of carbonyl (C=O) groups excluding carboxylic acids is 1. The zero-order chi connectivity index (χ0) is 11.5. The molecule has 0 saturated carbocycles. The normalized spacial score (nSPS) is 11.5. The number of hydrogen-bond acceptors (Lipinski definition) is 1. The molecule has 0 aromatic heterocycles. The fraction of sp³-hybridized carbons (Fsp3) is 0.500. The monoisotopic (exact) mass is 204 g/mol. The molecule has 1 aromatic rings. The molecule has 0 aliphatic carbocycles. The van der Waals surface area contributed by atoms with Gasteiger partial charge in [-0.2, -0.15) is 0 Å². The first-order valence-corrected chi connectivity index (χ1v) is 5.58. The van der Waals surface area contributed by atoms with Crippen LogP contribution in [-0.2, 0) is 11.8 Å². The SMILES string of the molecule is CCCc1c(C=O)cccc1C(C)(C)C. The highest BCUT2D eigenvalue weighted by Crippen LogP contribution is 2.28. The Balaban J connectivity index is 3.31. The molecule has 1 heteroatoms. The van der Waals surface area contributed by atoms with Gasteiger partial charge in [0.1, 0.15) is 6.29 Å². The van der Waals surface area contributed by atoms with Gasteiger partial charge in [0.05, 0.1) is 0 Å². The Kier molecular flexibility index (Phi) is 3.67. The first kappa shape index (κ1) is 12.0. The van der Waals surface area contributed by atoms with Gasteiger partial charge in [-0.05, 0) is 23.0 Å². The number of hydrogen-bond donors (Lipinski definition) is 0. The molecule has 0 aliphatic heterocycles. The summed E-state index contributed by atoms with van der Waals surface area (Å²) in [5.74, 6) is 0. The van der Waals surface area contributed by atoms with Gasteiger partial charge in [-0.15, -0.1) is 0 Å². The van der Waals surface area contributed by atoms with Crippen molar-refractivity contribution in [3.05, 3.63) is 34.9 Å². The van der Waals surface area contributed by atoms with Gasteiger partial charge < -0.3 is 0 Å². The third-order valence-corrected chi connectivity index (χ3v) is 2.65. The van der Waals surface area contributed by atoms with Crippen molar-refractivity contribution in [1.82, 2.24) is 0 Å². The average molecular weight is 204 g/mol. The molecule has 1 nitrogen and oxygen atoms in total. The van der Waals surface area contributed by atoms with E-state index in [4.69, 9.17) is 0 Å². The molecule has 1 rings (SSSR count). The summed E-state index contributed by atoms with van der Waals surface area (Å²) >= 11 is 0. The largest absolute Gasteiger partial charge is 0.298 e. The molecule has 0 amide bonds. The van der Waals surface area contributed by atoms with Gasteiger partial charge in [0, 0.05) is 5.56 Å². The van der Waals surface area contributed by atoms with Crippen molar-refractivity contribution in [1.29, 1.82) is 0 Å². The highest BCUT2D eigenvalue weighted by atomic mass is 16.1. The van der Waals surface area contributed by atoms with Gasteiger partial charge in [0.2, 0.25) is 0 Å². The molecule has 0 N–H and O–H groups in total. The van der Waals surface area contributed by atoms with Crippen LogP contribution >= 0.6 is 0 Å². The van der Waals surface area contributed by atoms with Crippen molar-refractivity contribution < 1.29 is 4.79 Å². The van der Waals surface area contributed by atoms with E-state index in [2.05, 4.69) is 33.8 Å². The molecule has 0 saturated heterocycles. The van der Waals surface area contributed by atoms with E-state index < -0.39 is 0 Å². The third kappa shape index (κ3) is 2.68. The zero-order valence-electron chi connectivity index (χ0n) is 10.1. The quantitative estimate of drug-likeness (QED) is 0.685. The second kappa shape index (κ2) is 4.61. The summed E-state index contributed by atoms with van der Waals surface area (Å²) in [4.78, 5) is 11.0. The Hall–Kier alpha value is -1.11. The molecule has 0 aliphatic rings. The fourth-order valence-corrected chi connectivity index (χ4v) is 1.95. The van der Waals surface area contributed by atoms with Crippen LogP contribution < -0.4 is 0 Å². The predicted molar refractivity (Wildman–Crippen MR) is 64.5 cm³/mol. The van der Waals surface area contributed by atoms with Crippen LogP contribution in [0.25, 0.3) is 0 Å². The van der Waals surface area contributed by atoms with Crippen LogP contribution in [0.2, 0.25) is 0 Å². The van der Waals surface area contributed by atoms with Crippen molar-refractivity contribution in [2.75, 3.05) is 0 Å². The number of benzene rings is 1. The second-order valence-electron chi connectivity index (χ2n) is 4.99. The van der Waals surface area contributed by atoms with E-state index in [1.807, 2.05) is 12.1 Å². The van der Waals surface area contributed by atoms with Crippen LogP contribution in [0.1, 0.15) is 55.6 Å². The Morgan fingerprint density at radius 2 is 1.93 bits per heavy atom. The molecule has 0 atom stereocenters. The highest BCUT2D eigenvalue weighted by Gasteiger charge is 2.18. The molecule has 0 spiro atoms. The van der Waals surface area contributed by atoms with Gasteiger partial charge in [-0.3, -0.25) is 4.79 Å². The van der Waals surface area contributed by atoms with Crippen LogP contribution in [-0.4, -0.2) is 6.29 Å². The zero-order valence-corrected chi connectivity index (χ0v) is 10.1. The molecule has 0 heterocycles. The molecule has 82 valence electrons. The Labute approximate surface area is 92.5 Å². The van der Waals surface area contributed by atoms with E-state index in [1.54, 1.807) is 0 Å². The van der Waals surface area contributed by atoms with Gasteiger partial charge >= 0.3 is 0 Å². The predicted octanol–water partition coefficient (Wildman–Crippen LogP) is 3.75. The maximum absolute atomic E-state index is 11.0. The molecule has 1 aromatic carbocycles. The standard InChI is InChI=1S/C14H20O/c1-5-7-12-11(10-15)8-6-9-13(12)14(2,3)4/h6,8-10H,5,7H2,1-4H3. The van der Waals surface area contributed by atoms with Crippen LogP contribution in [0.3, 0.4) is 0 Å². The Morgan fingerprint density at radius 1 is 1.27 bits per heavy atom. The minimum absolute atomic E-state index is 0.115. The molecular weight excluding hydrogens is 184 g/mol. The minimum atomic E-state index is 0.115. The van der Waals surface area contributed by atoms with Crippen molar-refractivity contribution in [3.8, 4) is 0 Å². The summed E-state index contributed by atoms with van der Waals surface area (Å²) in [6.07, 6.45) is 3.04. The van der Waals surface area contributed by atoms with Gasteiger partial charge in [0.25, 0.3) is 0 Å². The molecule has 0 fully saturated rings. The van der Waals surface area contributed by atoms with Crippen LogP contribution in [0.15, 0.2) is 18.2 Å². The van der Waals surface area contributed by atoms with Crippen LogP contribution in [0, 0.1) is 0 Å². The first-order chi connectivity index (χ1) is 7.00. The number of rotatable bonds is 3. The molecular formula is C14H20O. The molecule has 15 heavy (non-hydrogen) atoms. The van der Waals surface area contributed by atoms with Gasteiger partial charge in [0.15, 0.2) is 0 Å². The summed E-state index contributed by atoms with van der Waals surface area (Å²) in [6.45, 7) is 8.72. The summed E-state index contributed by atoms with van der Waals surface area (Å²) in [5.41, 5.74) is 3.49. The maximum atomic E-state index is 11.0. The lowest BCUT2D eigenvalue weighted by Gasteiger charge is -2.23. The first-order valence-electron chi connectivity index (χ1n) is 5.58. The molecule has 0 bridgehead atoms. The second-order valence-corrected chi connectivity index (χ2v) is 4.99. The van der Waals surface area contributed by atoms with Crippen LogP contribution in [0.4, 0.5) is 0 Å². The molecule has 0 unspecified atom stereocenters. The van der Waals surface area contributed by atoms with E-state index in [9.17, 15) is 4.79 Å². The summed E-state index contributed by atoms with van der Waals surface area (Å²) in [7, 11) is 0. The number of carbonyl (C=O) groups is 1. The van der Waals surface area contributed by atoms with Crippen molar-refractivity contribution >= 4 is 6.29 Å². The fourth-order valence-electron chi connectivity index (χ4n) is 1.95. The topological polar surface area (TPSA) is 17.1 Å². The lowest BCUT2D eigenvalue weighted by molar-refractivity contribution is 0.112. The number of aldehydes is 1. The van der Waals surface area contributed by atoms with E-state index in [1.165, 1.54) is 11.1 Å². The lowest BCUT2D eigenvalue weighted by Crippen LogP contribution is -2.15. The van der Waals surface area contributed by atoms with E-state index >= 15 is 0 Å².